The number of aliphatic hydroxyl groups excluding tert-OH is 1. The van der Waals surface area contributed by atoms with Crippen LogP contribution in [-0.4, -0.2) is 74.2 Å². The van der Waals surface area contributed by atoms with E-state index in [0.717, 1.165) is 35.2 Å². The molecule has 47 heavy (non-hydrogen) atoms. The number of aromatic carboxylic acids is 3. The minimum atomic E-state index is -3.09. The summed E-state index contributed by atoms with van der Waals surface area (Å²) in [5.74, 6) is -4.97. The zero-order chi connectivity index (χ0) is 33.8. The Balaban J connectivity index is 1.76. The van der Waals surface area contributed by atoms with Gasteiger partial charge >= 0.3 is 17.9 Å². The number of carboxylic acids is 3. The summed E-state index contributed by atoms with van der Waals surface area (Å²) in [7, 11) is 0. The van der Waals surface area contributed by atoms with Crippen molar-refractivity contribution in [2.45, 2.75) is 29.6 Å². The molecule has 5 atom stereocenters. The molecule has 1 saturated heterocycles. The Morgan fingerprint density at radius 3 is 1.91 bits per heavy atom. The van der Waals surface area contributed by atoms with Gasteiger partial charge in [0.1, 0.15) is 12.2 Å². The number of carboxylic acid groups (broad SMARTS) is 3. The summed E-state index contributed by atoms with van der Waals surface area (Å²) in [6, 6.07) is 15.1. The Labute approximate surface area is 262 Å². The van der Waals surface area contributed by atoms with Gasteiger partial charge in [0.2, 0.25) is 5.95 Å². The number of aromatic amines is 1. The summed E-state index contributed by atoms with van der Waals surface area (Å²) in [4.78, 5) is 60.4. The fraction of sp³-hybridized carbons (Fsp3) is 0.161. The van der Waals surface area contributed by atoms with E-state index in [1.54, 1.807) is 0 Å². The molecule has 6 rings (SSSR count). The number of hydrogen-bond acceptors (Lipinski definition) is 11. The van der Waals surface area contributed by atoms with E-state index >= 15 is 0 Å². The summed E-state index contributed by atoms with van der Waals surface area (Å²) in [5.41, 5.74) is -4.58. The molecule has 0 amide bonds. The highest BCUT2D eigenvalue weighted by Gasteiger charge is 2.71. The van der Waals surface area contributed by atoms with Gasteiger partial charge in [-0.15, -0.1) is 0 Å². The van der Waals surface area contributed by atoms with Crippen molar-refractivity contribution in [2.75, 3.05) is 5.73 Å². The summed E-state index contributed by atoms with van der Waals surface area (Å²) in [6.45, 7) is 0. The molecule has 0 saturated carbocycles. The number of rotatable bonds is 8. The molecule has 3 aromatic carbocycles. The van der Waals surface area contributed by atoms with E-state index in [1.807, 2.05) is 0 Å². The number of fused-ring (bicyclic) bond motifs is 1. The summed E-state index contributed by atoms with van der Waals surface area (Å²) >= 11 is 0. The van der Waals surface area contributed by atoms with E-state index in [9.17, 15) is 49.8 Å². The molecule has 16 nitrogen and oxygen atoms in total. The number of nitrogen functional groups attached to an aromatic ring is 1. The maximum Gasteiger partial charge on any atom is 0.336 e. The SMILES string of the molecule is Nc1nc2c(ncn2C2OC(C(O)c3ccccc3C(=O)O)C(O)(c3ccccc3C(=O)O)C2(O)c2ccccc2C(=O)O)c(=O)[nH]1. The van der Waals surface area contributed by atoms with Crippen molar-refractivity contribution < 1.29 is 49.8 Å². The lowest BCUT2D eigenvalue weighted by Crippen LogP contribution is -2.55. The van der Waals surface area contributed by atoms with Crippen LogP contribution < -0.4 is 11.3 Å². The number of imidazole rings is 1. The molecule has 0 radical (unpaired) electrons. The van der Waals surface area contributed by atoms with Gasteiger partial charge in [-0.25, -0.2) is 19.4 Å². The Bertz CT molecular complexity index is 2150. The predicted molar refractivity (Wildman–Crippen MR) is 159 cm³/mol. The summed E-state index contributed by atoms with van der Waals surface area (Å²) < 4.78 is 7.23. The van der Waals surface area contributed by atoms with Gasteiger partial charge in [0, 0.05) is 11.1 Å². The molecule has 1 aliphatic rings. The Morgan fingerprint density at radius 1 is 0.830 bits per heavy atom. The molecular formula is C31H25N5O11. The van der Waals surface area contributed by atoms with Crippen LogP contribution in [0, 0.1) is 0 Å². The van der Waals surface area contributed by atoms with E-state index < -0.39 is 80.9 Å². The Morgan fingerprint density at radius 2 is 1.34 bits per heavy atom. The number of hydrogen-bond donors (Lipinski definition) is 8. The lowest BCUT2D eigenvalue weighted by molar-refractivity contribution is -0.175. The van der Waals surface area contributed by atoms with Crippen LogP contribution in [0.1, 0.15) is 60.1 Å². The number of aromatic nitrogens is 4. The molecule has 5 aromatic rings. The first kappa shape index (κ1) is 31.1. The molecule has 1 aliphatic heterocycles. The van der Waals surface area contributed by atoms with Gasteiger partial charge in [0.15, 0.2) is 28.6 Å². The predicted octanol–water partition coefficient (Wildman–Crippen LogP) is 1.20. The normalized spacial score (nSPS) is 23.0. The van der Waals surface area contributed by atoms with Crippen molar-refractivity contribution in [3.8, 4) is 0 Å². The molecule has 240 valence electrons. The molecule has 0 bridgehead atoms. The maximum atomic E-state index is 13.1. The van der Waals surface area contributed by atoms with Crippen LogP contribution in [0.2, 0.25) is 0 Å². The number of carbonyl (C=O) groups is 3. The molecule has 1 fully saturated rings. The molecule has 3 heterocycles. The zero-order valence-corrected chi connectivity index (χ0v) is 23.9. The number of benzene rings is 3. The average molecular weight is 644 g/mol. The topological polar surface area (TPSA) is 271 Å². The van der Waals surface area contributed by atoms with Crippen molar-refractivity contribution in [1.29, 1.82) is 0 Å². The highest BCUT2D eigenvalue weighted by molar-refractivity contribution is 5.92. The number of aliphatic hydroxyl groups is 3. The second-order valence-electron chi connectivity index (χ2n) is 10.8. The lowest BCUT2D eigenvalue weighted by atomic mass is 9.67. The number of anilines is 1. The van der Waals surface area contributed by atoms with Crippen LogP contribution in [0.15, 0.2) is 83.9 Å². The van der Waals surface area contributed by atoms with Crippen LogP contribution in [0.5, 0.6) is 0 Å². The van der Waals surface area contributed by atoms with E-state index in [2.05, 4.69) is 15.0 Å². The Kier molecular flexibility index (Phi) is 7.36. The smallest absolute Gasteiger partial charge is 0.336 e. The third kappa shape index (κ3) is 4.54. The van der Waals surface area contributed by atoms with Gasteiger partial charge in [0.25, 0.3) is 5.56 Å². The molecule has 16 heteroatoms. The highest BCUT2D eigenvalue weighted by Crippen LogP contribution is 2.60. The van der Waals surface area contributed by atoms with Gasteiger partial charge in [0.05, 0.1) is 23.0 Å². The number of nitrogens with two attached hydrogens (primary N) is 1. The van der Waals surface area contributed by atoms with Crippen molar-refractivity contribution in [3.05, 3.63) is 123 Å². The van der Waals surface area contributed by atoms with Crippen LogP contribution in [0.3, 0.4) is 0 Å². The molecule has 5 unspecified atom stereocenters. The van der Waals surface area contributed by atoms with E-state index in [0.29, 0.717) is 0 Å². The summed E-state index contributed by atoms with van der Waals surface area (Å²) in [5, 5.41) is 68.4. The van der Waals surface area contributed by atoms with Crippen LogP contribution in [0.25, 0.3) is 11.2 Å². The molecule has 0 spiro atoms. The van der Waals surface area contributed by atoms with Crippen molar-refractivity contribution >= 4 is 35.0 Å². The molecular weight excluding hydrogens is 618 g/mol. The molecule has 9 N–H and O–H groups in total. The monoisotopic (exact) mass is 643 g/mol. The number of ether oxygens (including phenoxy) is 1. The first-order chi connectivity index (χ1) is 22.3. The minimum absolute atomic E-state index is 0.292. The lowest BCUT2D eigenvalue weighted by Gasteiger charge is -2.43. The fourth-order valence-corrected chi connectivity index (χ4v) is 6.24. The first-order valence-corrected chi connectivity index (χ1v) is 13.8. The van der Waals surface area contributed by atoms with Gasteiger partial charge in [-0.05, 0) is 23.8 Å². The van der Waals surface area contributed by atoms with E-state index in [4.69, 9.17) is 10.5 Å². The third-order valence-corrected chi connectivity index (χ3v) is 8.26. The largest absolute Gasteiger partial charge is 0.478 e. The fourth-order valence-electron chi connectivity index (χ4n) is 6.24. The van der Waals surface area contributed by atoms with Gasteiger partial charge in [-0.1, -0.05) is 54.6 Å². The van der Waals surface area contributed by atoms with E-state index in [-0.39, 0.29) is 22.7 Å². The number of H-pyrrole nitrogens is 1. The van der Waals surface area contributed by atoms with Crippen LogP contribution >= 0.6 is 0 Å². The van der Waals surface area contributed by atoms with Crippen LogP contribution in [-0.2, 0) is 15.9 Å². The number of nitrogens with one attached hydrogen (secondary N) is 1. The van der Waals surface area contributed by atoms with Gasteiger partial charge < -0.3 is 41.1 Å². The maximum absolute atomic E-state index is 13.1. The van der Waals surface area contributed by atoms with E-state index in [1.165, 1.54) is 48.5 Å². The van der Waals surface area contributed by atoms with Gasteiger partial charge in [-0.2, -0.15) is 4.98 Å². The second kappa shape index (κ2) is 11.1. The van der Waals surface area contributed by atoms with Gasteiger partial charge in [-0.3, -0.25) is 14.3 Å². The standard InChI is InChI=1S/C31H25N5O11/c32-29-34-23-20(24(38)35-29)33-13-36(23)28-31(46,19-12-6-4-10-17(19)27(43)44)30(45,18-11-5-3-9-16(18)26(41)42)22(47-28)21(37)14-7-1-2-8-15(14)25(39)40/h1-13,21-22,28,37,45-46H,(H,39,40)(H,41,42)(H,43,44)(H3,32,34,35,38). The molecule has 2 aromatic heterocycles. The zero-order valence-electron chi connectivity index (χ0n) is 23.9. The average Bonchev–Trinajstić information content (AvgIpc) is 3.57. The quantitative estimate of drug-likeness (QED) is 0.118. The summed E-state index contributed by atoms with van der Waals surface area (Å²) in [6.07, 6.45) is -5.27. The second-order valence-corrected chi connectivity index (χ2v) is 10.8. The molecule has 0 aliphatic carbocycles. The third-order valence-electron chi connectivity index (χ3n) is 8.26. The Hall–Kier alpha value is -5.94. The van der Waals surface area contributed by atoms with Crippen LogP contribution in [0.4, 0.5) is 5.95 Å². The highest BCUT2D eigenvalue weighted by atomic mass is 16.6. The van der Waals surface area contributed by atoms with Crippen molar-refractivity contribution in [2.24, 2.45) is 0 Å². The van der Waals surface area contributed by atoms with Crippen molar-refractivity contribution in [3.63, 3.8) is 0 Å². The number of nitrogens with zero attached hydrogens (tertiary/aromatic N) is 3. The van der Waals surface area contributed by atoms with Crippen molar-refractivity contribution in [1.82, 2.24) is 19.5 Å². The minimum Gasteiger partial charge on any atom is -0.478 e. The first-order valence-electron chi connectivity index (χ1n) is 13.8.